The van der Waals surface area contributed by atoms with Gasteiger partial charge in [-0.15, -0.1) is 0 Å². The van der Waals surface area contributed by atoms with E-state index in [9.17, 15) is 14.4 Å². The molecule has 0 bridgehead atoms. The number of hydrogen-bond acceptors (Lipinski definition) is 4. The van der Waals surface area contributed by atoms with Crippen molar-refractivity contribution in [1.29, 1.82) is 0 Å². The summed E-state index contributed by atoms with van der Waals surface area (Å²) in [4.78, 5) is 38.2. The normalized spacial score (nSPS) is 10.3. The van der Waals surface area contributed by atoms with Gasteiger partial charge in [-0.3, -0.25) is 9.59 Å². The average Bonchev–Trinajstić information content (AvgIpc) is 3.15. The number of unbranched alkanes of at least 4 members (excludes halogenated alkanes) is 2. The summed E-state index contributed by atoms with van der Waals surface area (Å²) >= 11 is 0. The molecule has 0 radical (unpaired) electrons. The van der Waals surface area contributed by atoms with Gasteiger partial charge in [-0.25, -0.2) is 4.79 Å². The SMILES string of the molecule is CCCCCC(=O)Nc1ccc(C(=O)COC(=O)c2ccc[nH]2)cc1. The maximum atomic E-state index is 12.1. The summed E-state index contributed by atoms with van der Waals surface area (Å²) < 4.78 is 4.96. The predicted octanol–water partition coefficient (Wildman–Crippen LogP) is 3.57. The smallest absolute Gasteiger partial charge is 0.355 e. The molecule has 2 N–H and O–H groups in total. The minimum atomic E-state index is -0.575. The van der Waals surface area contributed by atoms with E-state index in [1.807, 2.05) is 0 Å². The van der Waals surface area contributed by atoms with Crippen molar-refractivity contribution in [2.75, 3.05) is 11.9 Å². The minimum Gasteiger partial charge on any atom is -0.453 e. The van der Waals surface area contributed by atoms with Gasteiger partial charge in [-0.2, -0.15) is 0 Å². The number of aromatic amines is 1. The van der Waals surface area contributed by atoms with Gasteiger partial charge in [0.1, 0.15) is 5.69 Å². The Morgan fingerprint density at radius 2 is 1.84 bits per heavy atom. The zero-order chi connectivity index (χ0) is 18.1. The molecule has 6 heteroatoms. The van der Waals surface area contributed by atoms with Crippen LogP contribution >= 0.6 is 0 Å². The highest BCUT2D eigenvalue weighted by molar-refractivity contribution is 5.99. The predicted molar refractivity (Wildman–Crippen MR) is 94.6 cm³/mol. The number of H-pyrrole nitrogens is 1. The molecular formula is C19H22N2O4. The van der Waals surface area contributed by atoms with Crippen LogP contribution in [0.25, 0.3) is 0 Å². The number of hydrogen-bond donors (Lipinski definition) is 2. The van der Waals surface area contributed by atoms with E-state index in [-0.39, 0.29) is 18.3 Å². The van der Waals surface area contributed by atoms with Gasteiger partial charge < -0.3 is 15.0 Å². The Labute approximate surface area is 146 Å². The van der Waals surface area contributed by atoms with Crippen LogP contribution in [0.1, 0.15) is 53.5 Å². The van der Waals surface area contributed by atoms with Crippen molar-refractivity contribution in [3.8, 4) is 0 Å². The number of benzene rings is 1. The first-order valence-electron chi connectivity index (χ1n) is 8.33. The van der Waals surface area contributed by atoms with E-state index >= 15 is 0 Å². The Bertz CT molecular complexity index is 706. The Morgan fingerprint density at radius 3 is 2.48 bits per heavy atom. The van der Waals surface area contributed by atoms with Gasteiger partial charge >= 0.3 is 5.97 Å². The number of anilines is 1. The van der Waals surface area contributed by atoms with Gasteiger partial charge in [0.05, 0.1) is 0 Å². The summed E-state index contributed by atoms with van der Waals surface area (Å²) in [6, 6.07) is 9.78. The molecule has 1 aromatic heterocycles. The number of carbonyl (C=O) groups is 3. The Kier molecular flexibility index (Phi) is 6.95. The van der Waals surface area contributed by atoms with Crippen molar-refractivity contribution >= 4 is 23.3 Å². The van der Waals surface area contributed by atoms with Crippen LogP contribution in [0, 0.1) is 0 Å². The highest BCUT2D eigenvalue weighted by atomic mass is 16.5. The molecule has 2 rings (SSSR count). The summed E-state index contributed by atoms with van der Waals surface area (Å²) in [6.07, 6.45) is 5.06. The highest BCUT2D eigenvalue weighted by Gasteiger charge is 2.12. The lowest BCUT2D eigenvalue weighted by molar-refractivity contribution is -0.116. The number of carbonyl (C=O) groups excluding carboxylic acids is 3. The highest BCUT2D eigenvalue weighted by Crippen LogP contribution is 2.12. The lowest BCUT2D eigenvalue weighted by atomic mass is 10.1. The number of amides is 1. The second kappa shape index (κ2) is 9.42. The van der Waals surface area contributed by atoms with Crippen LogP contribution < -0.4 is 5.32 Å². The molecule has 0 saturated heterocycles. The standard InChI is InChI=1S/C19H22N2O4/c1-2-3-4-7-18(23)21-15-10-8-14(9-11-15)17(22)13-25-19(24)16-6-5-12-20-16/h5-6,8-12,20H,2-4,7,13H2,1H3,(H,21,23). The first kappa shape index (κ1) is 18.4. The van der Waals surface area contributed by atoms with Crippen LogP contribution in [0.4, 0.5) is 5.69 Å². The summed E-state index contributed by atoms with van der Waals surface area (Å²) in [5.74, 6) is -0.914. The largest absolute Gasteiger partial charge is 0.453 e. The van der Waals surface area contributed by atoms with Gasteiger partial charge in [0, 0.05) is 23.9 Å². The minimum absolute atomic E-state index is 0.0348. The fourth-order valence-corrected chi connectivity index (χ4v) is 2.25. The number of esters is 1. The summed E-state index contributed by atoms with van der Waals surface area (Å²) in [7, 11) is 0. The molecule has 1 amide bonds. The number of aromatic nitrogens is 1. The van der Waals surface area contributed by atoms with Gasteiger partial charge in [-0.05, 0) is 42.8 Å². The number of nitrogens with one attached hydrogen (secondary N) is 2. The first-order chi connectivity index (χ1) is 12.1. The van der Waals surface area contributed by atoms with Gasteiger partial charge in [0.2, 0.25) is 5.91 Å². The van der Waals surface area contributed by atoms with Crippen LogP contribution in [-0.2, 0) is 9.53 Å². The maximum Gasteiger partial charge on any atom is 0.355 e. The molecule has 0 unspecified atom stereocenters. The molecule has 132 valence electrons. The topological polar surface area (TPSA) is 88.3 Å². The van der Waals surface area contributed by atoms with Crippen LogP contribution in [0.5, 0.6) is 0 Å². The monoisotopic (exact) mass is 342 g/mol. The molecule has 1 heterocycles. The van der Waals surface area contributed by atoms with E-state index in [0.717, 1.165) is 19.3 Å². The van der Waals surface area contributed by atoms with Crippen molar-refractivity contribution in [2.45, 2.75) is 32.6 Å². The summed E-state index contributed by atoms with van der Waals surface area (Å²) in [5.41, 5.74) is 1.36. The van der Waals surface area contributed by atoms with E-state index < -0.39 is 5.97 Å². The van der Waals surface area contributed by atoms with Crippen molar-refractivity contribution in [3.05, 3.63) is 53.9 Å². The van der Waals surface area contributed by atoms with Gasteiger partial charge in [-0.1, -0.05) is 19.8 Å². The molecule has 0 aliphatic rings. The second-order valence-electron chi connectivity index (χ2n) is 5.67. The van der Waals surface area contributed by atoms with Crippen molar-refractivity contribution in [1.82, 2.24) is 4.98 Å². The van der Waals surface area contributed by atoms with Crippen LogP contribution in [0.2, 0.25) is 0 Å². The van der Waals surface area contributed by atoms with Crippen molar-refractivity contribution < 1.29 is 19.1 Å². The van der Waals surface area contributed by atoms with Gasteiger partial charge in [0.25, 0.3) is 0 Å². The fraction of sp³-hybridized carbons (Fsp3) is 0.316. The van der Waals surface area contributed by atoms with Crippen molar-refractivity contribution in [3.63, 3.8) is 0 Å². The first-order valence-corrected chi connectivity index (χ1v) is 8.33. The molecule has 1 aromatic carbocycles. The number of rotatable bonds is 9. The zero-order valence-corrected chi connectivity index (χ0v) is 14.2. The zero-order valence-electron chi connectivity index (χ0n) is 14.2. The van der Waals surface area contributed by atoms with Crippen LogP contribution in [0.3, 0.4) is 0 Å². The van der Waals surface area contributed by atoms with E-state index in [2.05, 4.69) is 17.2 Å². The van der Waals surface area contributed by atoms with Gasteiger partial charge in [0.15, 0.2) is 12.4 Å². The molecule has 0 aliphatic carbocycles. The number of ketones is 1. The van der Waals surface area contributed by atoms with E-state index in [1.165, 1.54) is 0 Å². The molecule has 25 heavy (non-hydrogen) atoms. The fourth-order valence-electron chi connectivity index (χ4n) is 2.25. The lowest BCUT2D eigenvalue weighted by Crippen LogP contribution is -2.15. The van der Waals surface area contributed by atoms with E-state index in [4.69, 9.17) is 4.74 Å². The van der Waals surface area contributed by atoms with E-state index in [1.54, 1.807) is 42.6 Å². The van der Waals surface area contributed by atoms with Crippen LogP contribution in [-0.4, -0.2) is 29.3 Å². The quantitative estimate of drug-likeness (QED) is 0.414. The third-order valence-corrected chi connectivity index (χ3v) is 3.65. The number of ether oxygens (including phenoxy) is 1. The maximum absolute atomic E-state index is 12.1. The molecule has 0 atom stereocenters. The number of Topliss-reactive ketones (excluding diaryl/α,β-unsaturated/α-hetero) is 1. The Hall–Kier alpha value is -2.89. The second-order valence-corrected chi connectivity index (χ2v) is 5.67. The average molecular weight is 342 g/mol. The Morgan fingerprint density at radius 1 is 1.08 bits per heavy atom. The summed E-state index contributed by atoms with van der Waals surface area (Å²) in [5, 5.41) is 2.80. The third-order valence-electron chi connectivity index (χ3n) is 3.65. The molecule has 6 nitrogen and oxygen atoms in total. The molecule has 0 aliphatic heterocycles. The van der Waals surface area contributed by atoms with Crippen molar-refractivity contribution in [2.24, 2.45) is 0 Å². The Balaban J connectivity index is 1.81. The molecule has 0 fully saturated rings. The molecular weight excluding hydrogens is 320 g/mol. The molecule has 0 saturated carbocycles. The third kappa shape index (κ3) is 5.91. The lowest BCUT2D eigenvalue weighted by Gasteiger charge is -2.07. The van der Waals surface area contributed by atoms with Crippen LogP contribution in [0.15, 0.2) is 42.6 Å². The summed E-state index contributed by atoms with van der Waals surface area (Å²) in [6.45, 7) is 1.75. The molecule has 0 spiro atoms. The van der Waals surface area contributed by atoms with E-state index in [0.29, 0.717) is 23.4 Å². The molecule has 2 aromatic rings.